The highest BCUT2D eigenvalue weighted by atomic mass is 32.2. The van der Waals surface area contributed by atoms with Crippen LogP contribution in [0.4, 0.5) is 11.4 Å². The molecule has 3 rings (SSSR count). The van der Waals surface area contributed by atoms with E-state index in [2.05, 4.69) is 10.0 Å². The lowest BCUT2D eigenvalue weighted by atomic mass is 10.1. The van der Waals surface area contributed by atoms with Crippen molar-refractivity contribution >= 4 is 27.3 Å². The van der Waals surface area contributed by atoms with E-state index in [0.29, 0.717) is 23.4 Å². The van der Waals surface area contributed by atoms with Crippen molar-refractivity contribution < 1.29 is 13.2 Å². The number of benzene rings is 3. The SMILES string of the molecule is Cc1ccc(NS(=O)(=O)c2ccc(C)c(C(=O)NCc3ccc(N(C)C)cc3)c2)cc1. The van der Waals surface area contributed by atoms with Crippen LogP contribution < -0.4 is 14.9 Å². The van der Waals surface area contributed by atoms with Crippen molar-refractivity contribution in [1.29, 1.82) is 0 Å². The van der Waals surface area contributed by atoms with Crippen molar-refractivity contribution in [2.75, 3.05) is 23.7 Å². The van der Waals surface area contributed by atoms with Gasteiger partial charge < -0.3 is 10.2 Å². The lowest BCUT2D eigenvalue weighted by Crippen LogP contribution is -2.24. The number of aryl methyl sites for hydroxylation is 2. The molecule has 2 N–H and O–H groups in total. The number of hydrogen-bond donors (Lipinski definition) is 2. The second-order valence-electron chi connectivity index (χ2n) is 7.69. The van der Waals surface area contributed by atoms with Crippen LogP contribution in [-0.4, -0.2) is 28.4 Å². The molecule has 3 aromatic rings. The minimum Gasteiger partial charge on any atom is -0.378 e. The number of hydrogen-bond acceptors (Lipinski definition) is 4. The first-order valence-corrected chi connectivity index (χ1v) is 11.4. The number of nitrogens with one attached hydrogen (secondary N) is 2. The van der Waals surface area contributed by atoms with Crippen LogP contribution in [0.25, 0.3) is 0 Å². The summed E-state index contributed by atoms with van der Waals surface area (Å²) in [4.78, 5) is 14.8. The van der Waals surface area contributed by atoms with Gasteiger partial charge in [-0.15, -0.1) is 0 Å². The first-order valence-electron chi connectivity index (χ1n) is 9.90. The number of sulfonamides is 1. The molecule has 0 aliphatic carbocycles. The summed E-state index contributed by atoms with van der Waals surface area (Å²) in [5.74, 6) is -0.318. The third kappa shape index (κ3) is 5.64. The monoisotopic (exact) mass is 437 g/mol. The molecule has 6 nitrogen and oxygen atoms in total. The average Bonchev–Trinajstić information content (AvgIpc) is 2.74. The van der Waals surface area contributed by atoms with Gasteiger partial charge in [0.25, 0.3) is 15.9 Å². The van der Waals surface area contributed by atoms with Gasteiger partial charge in [0.1, 0.15) is 0 Å². The third-order valence-corrected chi connectivity index (χ3v) is 6.35. The van der Waals surface area contributed by atoms with E-state index >= 15 is 0 Å². The van der Waals surface area contributed by atoms with Crippen LogP contribution in [0.1, 0.15) is 27.0 Å². The van der Waals surface area contributed by atoms with Crippen LogP contribution in [-0.2, 0) is 16.6 Å². The van der Waals surface area contributed by atoms with Crippen molar-refractivity contribution in [2.45, 2.75) is 25.3 Å². The van der Waals surface area contributed by atoms with Gasteiger partial charge in [-0.05, 0) is 61.4 Å². The topological polar surface area (TPSA) is 78.5 Å². The van der Waals surface area contributed by atoms with Crippen LogP contribution in [0.2, 0.25) is 0 Å². The number of anilines is 2. The summed E-state index contributed by atoms with van der Waals surface area (Å²) in [5, 5.41) is 2.87. The second kappa shape index (κ2) is 9.22. The first kappa shape index (κ1) is 22.4. The summed E-state index contributed by atoms with van der Waals surface area (Å²) in [6.45, 7) is 4.06. The second-order valence-corrected chi connectivity index (χ2v) is 9.37. The summed E-state index contributed by atoms with van der Waals surface area (Å²) in [5.41, 5.74) is 4.57. The van der Waals surface area contributed by atoms with Gasteiger partial charge in [0.15, 0.2) is 0 Å². The summed E-state index contributed by atoms with van der Waals surface area (Å²) >= 11 is 0. The minimum absolute atomic E-state index is 0.0409. The molecule has 0 atom stereocenters. The Morgan fingerprint density at radius 1 is 0.903 bits per heavy atom. The Balaban J connectivity index is 1.74. The van der Waals surface area contributed by atoms with Gasteiger partial charge >= 0.3 is 0 Å². The van der Waals surface area contributed by atoms with Gasteiger partial charge in [-0.2, -0.15) is 0 Å². The van der Waals surface area contributed by atoms with E-state index in [4.69, 9.17) is 0 Å². The highest BCUT2D eigenvalue weighted by Crippen LogP contribution is 2.20. The Hall–Kier alpha value is -3.32. The quantitative estimate of drug-likeness (QED) is 0.583. The molecule has 0 saturated heterocycles. The number of amides is 1. The predicted molar refractivity (Wildman–Crippen MR) is 125 cm³/mol. The largest absolute Gasteiger partial charge is 0.378 e. The van der Waals surface area contributed by atoms with E-state index in [0.717, 1.165) is 16.8 Å². The van der Waals surface area contributed by atoms with Crippen molar-refractivity contribution in [3.05, 3.63) is 89.0 Å². The fourth-order valence-corrected chi connectivity index (χ4v) is 4.12. The summed E-state index contributed by atoms with van der Waals surface area (Å²) < 4.78 is 28.1. The molecule has 0 radical (unpaired) electrons. The zero-order valence-corrected chi connectivity index (χ0v) is 19.0. The molecule has 0 bridgehead atoms. The third-order valence-electron chi connectivity index (χ3n) is 4.97. The highest BCUT2D eigenvalue weighted by molar-refractivity contribution is 7.92. The lowest BCUT2D eigenvalue weighted by Gasteiger charge is -2.14. The molecule has 0 aliphatic rings. The molecule has 0 unspecified atom stereocenters. The van der Waals surface area contributed by atoms with Gasteiger partial charge in [-0.3, -0.25) is 9.52 Å². The van der Waals surface area contributed by atoms with Gasteiger partial charge in [0, 0.05) is 37.6 Å². The van der Waals surface area contributed by atoms with Gasteiger partial charge in [-0.25, -0.2) is 8.42 Å². The Kier molecular flexibility index (Phi) is 6.65. The van der Waals surface area contributed by atoms with Crippen molar-refractivity contribution in [2.24, 2.45) is 0 Å². The Labute approximate surface area is 184 Å². The van der Waals surface area contributed by atoms with Crippen LogP contribution in [0.3, 0.4) is 0 Å². The number of rotatable bonds is 7. The number of carbonyl (C=O) groups is 1. The van der Waals surface area contributed by atoms with Crippen molar-refractivity contribution in [3.63, 3.8) is 0 Å². The fraction of sp³-hybridized carbons (Fsp3) is 0.208. The van der Waals surface area contributed by atoms with Gasteiger partial charge in [0.05, 0.1) is 4.90 Å². The molecule has 7 heteroatoms. The lowest BCUT2D eigenvalue weighted by molar-refractivity contribution is 0.0950. The number of nitrogens with zero attached hydrogens (tertiary/aromatic N) is 1. The van der Waals surface area contributed by atoms with Crippen LogP contribution in [0, 0.1) is 13.8 Å². The Bertz CT molecular complexity index is 1170. The zero-order chi connectivity index (χ0) is 22.6. The zero-order valence-electron chi connectivity index (χ0n) is 18.1. The molecule has 0 saturated carbocycles. The molecular weight excluding hydrogens is 410 g/mol. The summed E-state index contributed by atoms with van der Waals surface area (Å²) in [6, 6.07) is 19.5. The molecular formula is C24H27N3O3S. The first-order chi connectivity index (χ1) is 14.7. The van der Waals surface area contributed by atoms with Gasteiger partial charge in [0.2, 0.25) is 0 Å². The van der Waals surface area contributed by atoms with E-state index in [1.165, 1.54) is 12.1 Å². The molecule has 0 aliphatic heterocycles. The fourth-order valence-electron chi connectivity index (χ4n) is 3.04. The molecule has 0 heterocycles. The van der Waals surface area contributed by atoms with Gasteiger partial charge in [-0.1, -0.05) is 35.9 Å². The molecule has 0 fully saturated rings. The Morgan fingerprint density at radius 3 is 2.16 bits per heavy atom. The van der Waals surface area contributed by atoms with E-state index < -0.39 is 10.0 Å². The van der Waals surface area contributed by atoms with E-state index in [1.807, 2.05) is 62.3 Å². The predicted octanol–water partition coefficient (Wildman–Crippen LogP) is 4.10. The van der Waals surface area contributed by atoms with Crippen molar-refractivity contribution in [3.8, 4) is 0 Å². The van der Waals surface area contributed by atoms with Crippen LogP contribution in [0.5, 0.6) is 0 Å². The minimum atomic E-state index is -3.81. The molecule has 0 spiro atoms. The van der Waals surface area contributed by atoms with E-state index in [-0.39, 0.29) is 10.8 Å². The maximum Gasteiger partial charge on any atom is 0.261 e. The molecule has 1 amide bonds. The standard InChI is InChI=1S/C24H27N3O3S/c1-17-5-10-20(11-6-17)26-31(29,30)22-14-7-18(2)23(15-22)24(28)25-16-19-8-12-21(13-9-19)27(3)4/h5-15,26H,16H2,1-4H3,(H,25,28). The average molecular weight is 438 g/mol. The van der Waals surface area contributed by atoms with Crippen LogP contribution >= 0.6 is 0 Å². The molecule has 3 aromatic carbocycles. The normalized spacial score (nSPS) is 11.1. The van der Waals surface area contributed by atoms with Crippen LogP contribution in [0.15, 0.2) is 71.6 Å². The maximum absolute atomic E-state index is 12.8. The van der Waals surface area contributed by atoms with E-state index in [9.17, 15) is 13.2 Å². The Morgan fingerprint density at radius 2 is 1.55 bits per heavy atom. The highest BCUT2D eigenvalue weighted by Gasteiger charge is 2.18. The summed E-state index contributed by atoms with van der Waals surface area (Å²) in [7, 11) is 0.119. The molecule has 162 valence electrons. The maximum atomic E-state index is 12.8. The van der Waals surface area contributed by atoms with Crippen molar-refractivity contribution in [1.82, 2.24) is 5.32 Å². The summed E-state index contributed by atoms with van der Waals surface area (Å²) in [6.07, 6.45) is 0. The molecule has 0 aromatic heterocycles. The molecule has 31 heavy (non-hydrogen) atoms. The smallest absolute Gasteiger partial charge is 0.261 e. The number of carbonyl (C=O) groups excluding carboxylic acids is 1. The van der Waals surface area contributed by atoms with E-state index in [1.54, 1.807) is 25.1 Å².